The monoisotopic (exact) mass is 298 g/mol. The molecule has 0 saturated carbocycles. The van der Waals surface area contributed by atoms with Gasteiger partial charge in [-0.05, 0) is 38.5 Å². The second-order valence-corrected chi connectivity index (χ2v) is 5.90. The highest BCUT2D eigenvalue weighted by Crippen LogP contribution is 2.14. The van der Waals surface area contributed by atoms with E-state index in [2.05, 4.69) is 33.8 Å². The Balaban J connectivity index is 3.82. The van der Waals surface area contributed by atoms with E-state index in [0.29, 0.717) is 25.0 Å². The molecule has 1 unspecified atom stereocenters. The fourth-order valence-corrected chi connectivity index (χ4v) is 2.15. The number of carbonyl (C=O) groups is 2. The molecule has 4 heteroatoms. The van der Waals surface area contributed by atoms with Crippen LogP contribution in [0.4, 0.5) is 0 Å². The number of esters is 2. The van der Waals surface area contributed by atoms with Crippen LogP contribution in [0, 0.1) is 11.8 Å². The molecule has 0 bridgehead atoms. The minimum Gasteiger partial charge on any atom is -0.466 e. The minimum absolute atomic E-state index is 0.0927. The molecule has 0 spiro atoms. The lowest BCUT2D eigenvalue weighted by Crippen LogP contribution is -2.11. The van der Waals surface area contributed by atoms with Crippen LogP contribution in [0.5, 0.6) is 0 Å². The summed E-state index contributed by atoms with van der Waals surface area (Å²) < 4.78 is 9.88. The molecule has 0 aliphatic carbocycles. The van der Waals surface area contributed by atoms with Crippen molar-refractivity contribution in [2.45, 2.75) is 60.3 Å². The normalized spacial score (nSPS) is 13.1. The Hall–Kier alpha value is -1.32. The van der Waals surface area contributed by atoms with Crippen LogP contribution in [-0.2, 0) is 19.1 Å². The molecule has 21 heavy (non-hydrogen) atoms. The number of ether oxygens (including phenoxy) is 2. The molecule has 122 valence electrons. The maximum atomic E-state index is 11.5. The predicted molar refractivity (Wildman–Crippen MR) is 83.8 cm³/mol. The summed E-state index contributed by atoms with van der Waals surface area (Å²) >= 11 is 0. The van der Waals surface area contributed by atoms with Crippen molar-refractivity contribution in [2.75, 3.05) is 13.2 Å². The van der Waals surface area contributed by atoms with Gasteiger partial charge in [-0.3, -0.25) is 9.59 Å². The summed E-state index contributed by atoms with van der Waals surface area (Å²) in [5, 5.41) is 0. The fourth-order valence-electron chi connectivity index (χ4n) is 2.15. The minimum atomic E-state index is -0.352. The van der Waals surface area contributed by atoms with Gasteiger partial charge in [-0.1, -0.05) is 32.4 Å². The molecule has 0 aliphatic heterocycles. The molecular weight excluding hydrogens is 268 g/mol. The van der Waals surface area contributed by atoms with E-state index in [0.717, 1.165) is 12.8 Å². The maximum Gasteiger partial charge on any atom is 0.306 e. The third-order valence-electron chi connectivity index (χ3n) is 2.97. The van der Waals surface area contributed by atoms with E-state index in [9.17, 15) is 9.59 Å². The van der Waals surface area contributed by atoms with E-state index in [1.807, 2.05) is 0 Å². The molecule has 0 aromatic rings. The Bertz CT molecular complexity index is 345. The zero-order valence-electron chi connectivity index (χ0n) is 14.1. The lowest BCUT2D eigenvalue weighted by Gasteiger charge is -2.11. The first kappa shape index (κ1) is 19.7. The van der Waals surface area contributed by atoms with Gasteiger partial charge in [0.1, 0.15) is 0 Å². The molecule has 0 aliphatic rings. The van der Waals surface area contributed by atoms with Crippen molar-refractivity contribution in [1.29, 1.82) is 0 Å². The van der Waals surface area contributed by atoms with Crippen molar-refractivity contribution in [3.63, 3.8) is 0 Å². The van der Waals surface area contributed by atoms with Gasteiger partial charge in [0.25, 0.3) is 0 Å². The predicted octanol–water partition coefficient (Wildman–Crippen LogP) is 3.89. The molecule has 1 atom stereocenters. The smallest absolute Gasteiger partial charge is 0.306 e. The summed E-state index contributed by atoms with van der Waals surface area (Å²) in [6.45, 7) is 11.1. The number of allylic oxidation sites excluding steroid dienone is 2. The Kier molecular flexibility index (Phi) is 10.6. The lowest BCUT2D eigenvalue weighted by molar-refractivity contribution is -0.150. The quantitative estimate of drug-likeness (QED) is 0.453. The van der Waals surface area contributed by atoms with Crippen LogP contribution in [0.15, 0.2) is 11.6 Å². The standard InChI is InChI=1S/C17H30O4/c1-6-20-16(18)7-8-17(19)21-10-9-14(4)12-15(5)11-13(2)3/h12-14H,6-11H2,1-5H3. The van der Waals surface area contributed by atoms with Gasteiger partial charge in [-0.15, -0.1) is 0 Å². The van der Waals surface area contributed by atoms with E-state index >= 15 is 0 Å². The summed E-state index contributed by atoms with van der Waals surface area (Å²) in [5.74, 6) is 0.365. The average Bonchev–Trinajstić information content (AvgIpc) is 2.35. The van der Waals surface area contributed by atoms with Crippen molar-refractivity contribution >= 4 is 11.9 Å². The third kappa shape index (κ3) is 12.2. The highest BCUT2D eigenvalue weighted by molar-refractivity contribution is 5.77. The Morgan fingerprint density at radius 3 is 2.14 bits per heavy atom. The zero-order chi connectivity index (χ0) is 16.3. The molecular formula is C17H30O4. The van der Waals surface area contributed by atoms with E-state index in [1.165, 1.54) is 5.57 Å². The van der Waals surface area contributed by atoms with E-state index in [-0.39, 0.29) is 24.8 Å². The van der Waals surface area contributed by atoms with Crippen LogP contribution in [0.1, 0.15) is 60.3 Å². The van der Waals surface area contributed by atoms with Crippen molar-refractivity contribution in [2.24, 2.45) is 11.8 Å². The van der Waals surface area contributed by atoms with Gasteiger partial charge in [0.15, 0.2) is 0 Å². The van der Waals surface area contributed by atoms with E-state index in [4.69, 9.17) is 9.47 Å². The van der Waals surface area contributed by atoms with Crippen LogP contribution in [-0.4, -0.2) is 25.2 Å². The molecule has 0 aromatic heterocycles. The molecule has 0 aromatic carbocycles. The summed E-state index contributed by atoms with van der Waals surface area (Å²) in [4.78, 5) is 22.6. The second-order valence-electron chi connectivity index (χ2n) is 5.90. The van der Waals surface area contributed by atoms with Crippen molar-refractivity contribution < 1.29 is 19.1 Å². The van der Waals surface area contributed by atoms with Crippen LogP contribution in [0.25, 0.3) is 0 Å². The molecule has 4 nitrogen and oxygen atoms in total. The molecule has 0 rings (SSSR count). The van der Waals surface area contributed by atoms with Crippen LogP contribution in [0.2, 0.25) is 0 Å². The van der Waals surface area contributed by atoms with Gasteiger partial charge in [0.05, 0.1) is 26.1 Å². The van der Waals surface area contributed by atoms with Crippen LogP contribution in [0.3, 0.4) is 0 Å². The van der Waals surface area contributed by atoms with Gasteiger partial charge in [0, 0.05) is 0 Å². The first-order chi connectivity index (χ1) is 9.85. The summed E-state index contributed by atoms with van der Waals surface area (Å²) in [6, 6.07) is 0. The van der Waals surface area contributed by atoms with Crippen LogP contribution >= 0.6 is 0 Å². The molecule has 0 heterocycles. The Morgan fingerprint density at radius 2 is 1.62 bits per heavy atom. The third-order valence-corrected chi connectivity index (χ3v) is 2.97. The topological polar surface area (TPSA) is 52.6 Å². The lowest BCUT2D eigenvalue weighted by atomic mass is 9.99. The zero-order valence-corrected chi connectivity index (χ0v) is 14.1. The highest BCUT2D eigenvalue weighted by Gasteiger charge is 2.09. The fraction of sp³-hybridized carbons (Fsp3) is 0.765. The maximum absolute atomic E-state index is 11.5. The Labute approximate surface area is 128 Å². The van der Waals surface area contributed by atoms with Crippen molar-refractivity contribution in [1.82, 2.24) is 0 Å². The molecule has 0 fully saturated rings. The Morgan fingerprint density at radius 1 is 1.05 bits per heavy atom. The summed E-state index contributed by atoms with van der Waals surface area (Å²) in [6.07, 6.45) is 4.34. The van der Waals surface area contributed by atoms with Gasteiger partial charge in [0.2, 0.25) is 0 Å². The second kappa shape index (κ2) is 11.4. The van der Waals surface area contributed by atoms with E-state index in [1.54, 1.807) is 6.92 Å². The number of hydrogen-bond donors (Lipinski definition) is 0. The first-order valence-corrected chi connectivity index (χ1v) is 7.83. The van der Waals surface area contributed by atoms with Gasteiger partial charge in [-0.25, -0.2) is 0 Å². The molecule has 0 N–H and O–H groups in total. The van der Waals surface area contributed by atoms with Gasteiger partial charge < -0.3 is 9.47 Å². The molecule has 0 saturated heterocycles. The van der Waals surface area contributed by atoms with Gasteiger partial charge in [-0.2, -0.15) is 0 Å². The van der Waals surface area contributed by atoms with E-state index < -0.39 is 0 Å². The first-order valence-electron chi connectivity index (χ1n) is 7.83. The molecule has 0 amide bonds. The number of rotatable bonds is 10. The number of hydrogen-bond acceptors (Lipinski definition) is 4. The van der Waals surface area contributed by atoms with Crippen molar-refractivity contribution in [3.8, 4) is 0 Å². The van der Waals surface area contributed by atoms with Crippen LogP contribution < -0.4 is 0 Å². The highest BCUT2D eigenvalue weighted by atomic mass is 16.5. The molecule has 0 radical (unpaired) electrons. The van der Waals surface area contributed by atoms with Crippen molar-refractivity contribution in [3.05, 3.63) is 11.6 Å². The average molecular weight is 298 g/mol. The van der Waals surface area contributed by atoms with Gasteiger partial charge >= 0.3 is 11.9 Å². The summed E-state index contributed by atoms with van der Waals surface area (Å²) in [5.41, 5.74) is 1.38. The largest absolute Gasteiger partial charge is 0.466 e. The SMILES string of the molecule is CCOC(=O)CCC(=O)OCCC(C)C=C(C)CC(C)C. The number of carbonyl (C=O) groups excluding carboxylic acids is 2. The summed E-state index contributed by atoms with van der Waals surface area (Å²) in [7, 11) is 0.